The summed E-state index contributed by atoms with van der Waals surface area (Å²) in [7, 11) is 1.37. The number of pyridine rings is 1. The van der Waals surface area contributed by atoms with E-state index in [0.717, 1.165) is 21.1 Å². The maximum absolute atomic E-state index is 11.3. The maximum atomic E-state index is 11.3. The molecule has 0 saturated heterocycles. The van der Waals surface area contributed by atoms with Gasteiger partial charge in [-0.1, -0.05) is 18.2 Å². The Bertz CT molecular complexity index is 668. The molecular weight excluding hydrogens is 320 g/mol. The summed E-state index contributed by atoms with van der Waals surface area (Å²) in [6.07, 6.45) is 3.56. The molecule has 0 spiro atoms. The van der Waals surface area contributed by atoms with E-state index in [1.165, 1.54) is 7.11 Å². The van der Waals surface area contributed by atoms with Crippen molar-refractivity contribution in [2.24, 2.45) is 0 Å². The predicted octanol–water partition coefficient (Wildman–Crippen LogP) is 3.53. The second kappa shape index (κ2) is 6.52. The van der Waals surface area contributed by atoms with E-state index in [9.17, 15) is 4.79 Å². The molecule has 0 atom stereocenters. The maximum Gasteiger partial charge on any atom is 0.333 e. The molecule has 1 heterocycles. The molecule has 2 rings (SSSR count). The van der Waals surface area contributed by atoms with Gasteiger partial charge in [-0.25, -0.2) is 4.79 Å². The summed E-state index contributed by atoms with van der Waals surface area (Å²) in [4.78, 5) is 15.7. The van der Waals surface area contributed by atoms with Crippen molar-refractivity contribution < 1.29 is 9.53 Å². The normalized spacial score (nSPS) is 11.4. The van der Waals surface area contributed by atoms with Crippen LogP contribution in [0, 0.1) is 0 Å². The molecule has 0 aliphatic rings. The molecule has 1 aromatic carbocycles. The number of esters is 1. The van der Waals surface area contributed by atoms with Crippen molar-refractivity contribution in [1.29, 1.82) is 0 Å². The highest BCUT2D eigenvalue weighted by Gasteiger charge is 2.04. The number of anilines is 1. The number of para-hydroxylation sites is 1. The second-order valence-corrected chi connectivity index (χ2v) is 5.21. The SMILES string of the molecule is COC(=O)/C(C)=C/CNc1cccc2cc(Br)cnc12. The summed E-state index contributed by atoms with van der Waals surface area (Å²) >= 11 is 3.41. The largest absolute Gasteiger partial charge is 0.466 e. The highest BCUT2D eigenvalue weighted by Crippen LogP contribution is 2.23. The Morgan fingerprint density at radius 2 is 2.30 bits per heavy atom. The van der Waals surface area contributed by atoms with Gasteiger partial charge in [0.2, 0.25) is 0 Å². The van der Waals surface area contributed by atoms with E-state index in [1.807, 2.05) is 24.3 Å². The molecule has 104 valence electrons. The van der Waals surface area contributed by atoms with E-state index in [4.69, 9.17) is 0 Å². The number of rotatable bonds is 4. The number of ether oxygens (including phenoxy) is 1. The quantitative estimate of drug-likeness (QED) is 0.686. The van der Waals surface area contributed by atoms with E-state index in [1.54, 1.807) is 19.2 Å². The third-order valence-electron chi connectivity index (χ3n) is 2.89. The Kier molecular flexibility index (Phi) is 4.74. The number of halogens is 1. The molecular formula is C15H15BrN2O2. The second-order valence-electron chi connectivity index (χ2n) is 4.29. The van der Waals surface area contributed by atoms with Gasteiger partial charge in [0.1, 0.15) is 0 Å². The van der Waals surface area contributed by atoms with Gasteiger partial charge in [0.05, 0.1) is 18.3 Å². The molecule has 5 heteroatoms. The Hall–Kier alpha value is -1.88. The lowest BCUT2D eigenvalue weighted by Gasteiger charge is -2.08. The highest BCUT2D eigenvalue weighted by molar-refractivity contribution is 9.10. The number of nitrogens with zero attached hydrogens (tertiary/aromatic N) is 1. The molecule has 0 fully saturated rings. The Morgan fingerprint density at radius 1 is 1.50 bits per heavy atom. The summed E-state index contributed by atoms with van der Waals surface area (Å²) in [5.41, 5.74) is 2.42. The van der Waals surface area contributed by atoms with Crippen molar-refractivity contribution in [2.45, 2.75) is 6.92 Å². The van der Waals surface area contributed by atoms with Crippen LogP contribution < -0.4 is 5.32 Å². The number of aromatic nitrogens is 1. The average molecular weight is 335 g/mol. The molecule has 2 aromatic rings. The van der Waals surface area contributed by atoms with Gasteiger partial charge >= 0.3 is 5.97 Å². The molecule has 4 nitrogen and oxygen atoms in total. The summed E-state index contributed by atoms with van der Waals surface area (Å²) in [6, 6.07) is 7.96. The van der Waals surface area contributed by atoms with Gasteiger partial charge in [-0.05, 0) is 35.0 Å². The van der Waals surface area contributed by atoms with Crippen LogP contribution in [0.4, 0.5) is 5.69 Å². The number of carbonyl (C=O) groups excluding carboxylic acids is 1. The fraction of sp³-hybridized carbons (Fsp3) is 0.200. The standard InChI is InChI=1S/C15H15BrN2O2/c1-10(15(19)20-2)6-7-17-13-5-3-4-11-8-12(16)9-18-14(11)13/h3-6,8-9,17H,7H2,1-2H3/b10-6+. The van der Waals surface area contributed by atoms with Crippen molar-refractivity contribution in [1.82, 2.24) is 4.98 Å². The average Bonchev–Trinajstić information content (AvgIpc) is 2.46. The summed E-state index contributed by atoms with van der Waals surface area (Å²) < 4.78 is 5.59. The zero-order valence-electron chi connectivity index (χ0n) is 11.3. The molecule has 0 saturated carbocycles. The first kappa shape index (κ1) is 14.5. The number of carbonyl (C=O) groups is 1. The van der Waals surface area contributed by atoms with Gasteiger partial charge < -0.3 is 10.1 Å². The number of hydrogen-bond donors (Lipinski definition) is 1. The molecule has 0 aliphatic carbocycles. The summed E-state index contributed by atoms with van der Waals surface area (Å²) in [5, 5.41) is 4.31. The van der Waals surface area contributed by atoms with Crippen LogP contribution in [0.5, 0.6) is 0 Å². The van der Waals surface area contributed by atoms with Crippen molar-refractivity contribution in [3.8, 4) is 0 Å². The summed E-state index contributed by atoms with van der Waals surface area (Å²) in [6.45, 7) is 2.27. The van der Waals surface area contributed by atoms with Crippen molar-refractivity contribution in [3.05, 3.63) is 46.6 Å². The van der Waals surface area contributed by atoms with E-state index >= 15 is 0 Å². The minimum Gasteiger partial charge on any atom is -0.466 e. The van der Waals surface area contributed by atoms with E-state index < -0.39 is 0 Å². The van der Waals surface area contributed by atoms with Gasteiger partial charge in [-0.3, -0.25) is 4.98 Å². The fourth-order valence-electron chi connectivity index (χ4n) is 1.84. The topological polar surface area (TPSA) is 51.2 Å². The van der Waals surface area contributed by atoms with Gasteiger partial charge in [0, 0.05) is 28.2 Å². The molecule has 20 heavy (non-hydrogen) atoms. The number of fused-ring (bicyclic) bond motifs is 1. The minimum atomic E-state index is -0.313. The van der Waals surface area contributed by atoms with Crippen LogP contribution in [0.1, 0.15) is 6.92 Å². The smallest absolute Gasteiger partial charge is 0.333 e. The zero-order valence-corrected chi connectivity index (χ0v) is 12.9. The molecule has 0 unspecified atom stereocenters. The Balaban J connectivity index is 2.16. The highest BCUT2D eigenvalue weighted by atomic mass is 79.9. The monoisotopic (exact) mass is 334 g/mol. The molecule has 1 aromatic heterocycles. The van der Waals surface area contributed by atoms with Crippen LogP contribution in [0.2, 0.25) is 0 Å². The summed E-state index contributed by atoms with van der Waals surface area (Å²) in [5.74, 6) is -0.313. The van der Waals surface area contributed by atoms with E-state index in [-0.39, 0.29) is 5.97 Å². The first-order valence-corrected chi connectivity index (χ1v) is 6.94. The molecule has 0 aliphatic heterocycles. The Morgan fingerprint density at radius 3 is 3.05 bits per heavy atom. The van der Waals surface area contributed by atoms with Crippen LogP contribution in [-0.4, -0.2) is 24.6 Å². The lowest BCUT2D eigenvalue weighted by molar-refractivity contribution is -0.136. The van der Waals surface area contributed by atoms with Gasteiger partial charge in [0.25, 0.3) is 0 Å². The third-order valence-corrected chi connectivity index (χ3v) is 3.32. The van der Waals surface area contributed by atoms with Crippen LogP contribution in [0.25, 0.3) is 10.9 Å². The van der Waals surface area contributed by atoms with Gasteiger partial charge in [-0.15, -0.1) is 0 Å². The molecule has 0 radical (unpaired) electrons. The van der Waals surface area contributed by atoms with Crippen LogP contribution >= 0.6 is 15.9 Å². The minimum absolute atomic E-state index is 0.313. The van der Waals surface area contributed by atoms with E-state index in [2.05, 4.69) is 31.0 Å². The first-order chi connectivity index (χ1) is 9.61. The number of hydrogen-bond acceptors (Lipinski definition) is 4. The lowest BCUT2D eigenvalue weighted by atomic mass is 10.2. The third kappa shape index (κ3) is 3.36. The predicted molar refractivity (Wildman–Crippen MR) is 83.7 cm³/mol. The zero-order chi connectivity index (χ0) is 14.5. The number of nitrogens with one attached hydrogen (secondary N) is 1. The number of benzene rings is 1. The number of methoxy groups -OCH3 is 1. The van der Waals surface area contributed by atoms with Gasteiger partial charge in [0.15, 0.2) is 0 Å². The molecule has 0 amide bonds. The molecule has 1 N–H and O–H groups in total. The van der Waals surface area contributed by atoms with E-state index in [0.29, 0.717) is 12.1 Å². The van der Waals surface area contributed by atoms with Crippen LogP contribution in [0.15, 0.2) is 46.6 Å². The van der Waals surface area contributed by atoms with Crippen molar-refractivity contribution in [2.75, 3.05) is 19.0 Å². The van der Waals surface area contributed by atoms with Crippen molar-refractivity contribution >= 4 is 38.5 Å². The first-order valence-electron chi connectivity index (χ1n) is 6.15. The van der Waals surface area contributed by atoms with Crippen LogP contribution in [0.3, 0.4) is 0 Å². The van der Waals surface area contributed by atoms with Crippen molar-refractivity contribution in [3.63, 3.8) is 0 Å². The lowest BCUT2D eigenvalue weighted by Crippen LogP contribution is -2.05. The fourth-order valence-corrected chi connectivity index (χ4v) is 2.18. The Labute approximate surface area is 126 Å². The molecule has 0 bridgehead atoms. The van der Waals surface area contributed by atoms with Crippen LogP contribution in [-0.2, 0) is 9.53 Å². The van der Waals surface area contributed by atoms with Gasteiger partial charge in [-0.2, -0.15) is 0 Å².